The Morgan fingerprint density at radius 2 is 2.11 bits per heavy atom. The zero-order chi connectivity index (χ0) is 7.44. The van der Waals surface area contributed by atoms with Gasteiger partial charge in [0.05, 0.1) is 4.83 Å². The summed E-state index contributed by atoms with van der Waals surface area (Å²) in [5.41, 5.74) is 0. The third kappa shape index (κ3) is 2.60. The second-order valence-corrected chi connectivity index (χ2v) is 2.65. The van der Waals surface area contributed by atoms with Crippen LogP contribution in [0.25, 0.3) is 0 Å². The second kappa shape index (κ2) is 3.61. The number of carboxylic acids is 1. The van der Waals surface area contributed by atoms with E-state index in [0.717, 1.165) is 0 Å². The molecule has 0 aliphatic rings. The van der Waals surface area contributed by atoms with Gasteiger partial charge in [-0.25, -0.2) is 4.79 Å². The van der Waals surface area contributed by atoms with Crippen molar-refractivity contribution in [3.05, 3.63) is 0 Å². The van der Waals surface area contributed by atoms with Crippen LogP contribution in [0.15, 0.2) is 0 Å². The van der Waals surface area contributed by atoms with Crippen molar-refractivity contribution in [2.75, 3.05) is 0 Å². The quantitative estimate of drug-likeness (QED) is 0.535. The van der Waals surface area contributed by atoms with Gasteiger partial charge in [0.25, 0.3) is 5.78 Å². The van der Waals surface area contributed by atoms with E-state index in [1.165, 1.54) is 0 Å². The van der Waals surface area contributed by atoms with Crippen LogP contribution in [0.1, 0.15) is 13.3 Å². The van der Waals surface area contributed by atoms with E-state index in [-0.39, 0.29) is 0 Å². The maximum absolute atomic E-state index is 10.4. The molecular weight excluding hydrogens is 188 g/mol. The number of carbonyl (C=O) groups excluding carboxylic acids is 1. The van der Waals surface area contributed by atoms with Gasteiger partial charge in [-0.1, -0.05) is 22.9 Å². The Bertz CT molecular complexity index is 132. The maximum Gasteiger partial charge on any atom is 0.373 e. The van der Waals surface area contributed by atoms with Crippen LogP contribution in [0.3, 0.4) is 0 Å². The van der Waals surface area contributed by atoms with Crippen molar-refractivity contribution >= 4 is 27.7 Å². The van der Waals surface area contributed by atoms with Gasteiger partial charge >= 0.3 is 5.97 Å². The highest BCUT2D eigenvalue weighted by molar-refractivity contribution is 9.10. The number of alkyl halides is 1. The number of carbonyl (C=O) groups is 2. The third-order valence-corrected chi connectivity index (χ3v) is 1.92. The lowest BCUT2D eigenvalue weighted by molar-refractivity contribution is -0.148. The van der Waals surface area contributed by atoms with Crippen molar-refractivity contribution in [2.24, 2.45) is 0 Å². The molecule has 3 nitrogen and oxygen atoms in total. The first-order valence-corrected chi connectivity index (χ1v) is 3.42. The summed E-state index contributed by atoms with van der Waals surface area (Å²) < 4.78 is 0. The molecule has 0 bridgehead atoms. The lowest BCUT2D eigenvalue weighted by Gasteiger charge is -1.97. The van der Waals surface area contributed by atoms with Crippen LogP contribution < -0.4 is 0 Å². The molecule has 0 aliphatic heterocycles. The predicted octanol–water partition coefficient (Wildman–Crippen LogP) is 0.814. The number of aliphatic carboxylic acids is 1. The smallest absolute Gasteiger partial charge is 0.373 e. The summed E-state index contributed by atoms with van der Waals surface area (Å²) in [7, 11) is 0. The fourth-order valence-corrected chi connectivity index (χ4v) is 0.515. The molecule has 0 aromatic heterocycles. The van der Waals surface area contributed by atoms with Crippen molar-refractivity contribution in [2.45, 2.75) is 18.2 Å². The number of carboxylic acid groups (broad SMARTS) is 1. The lowest BCUT2D eigenvalue weighted by atomic mass is 10.2. The lowest BCUT2D eigenvalue weighted by Crippen LogP contribution is -2.22. The first kappa shape index (κ1) is 8.62. The first-order chi connectivity index (χ1) is 4.09. The molecule has 0 amide bonds. The van der Waals surface area contributed by atoms with E-state index in [9.17, 15) is 9.59 Å². The summed E-state index contributed by atoms with van der Waals surface area (Å²) in [5, 5.41) is 8.10. The van der Waals surface area contributed by atoms with Gasteiger partial charge in [0.15, 0.2) is 0 Å². The molecule has 0 radical (unpaired) electrons. The van der Waals surface area contributed by atoms with Gasteiger partial charge in [0.1, 0.15) is 0 Å². The average Bonchev–Trinajstić information content (AvgIpc) is 1.84. The summed E-state index contributed by atoms with van der Waals surface area (Å²) in [6.07, 6.45) is 0.505. The molecule has 0 aromatic carbocycles. The first-order valence-electron chi connectivity index (χ1n) is 2.50. The van der Waals surface area contributed by atoms with E-state index in [4.69, 9.17) is 5.11 Å². The Balaban J connectivity index is 3.88. The molecule has 0 saturated carbocycles. The standard InChI is InChI=1S/C5H7BrO3/c1-2-3(6)4(7)5(8)9/h3H,2H2,1H3,(H,8,9)/t3-/m1/s1. The molecule has 1 N–H and O–H groups in total. The number of hydrogen-bond donors (Lipinski definition) is 1. The average molecular weight is 195 g/mol. The molecule has 0 heterocycles. The third-order valence-electron chi connectivity index (χ3n) is 0.854. The normalized spacial score (nSPS) is 12.7. The number of ketones is 1. The van der Waals surface area contributed by atoms with E-state index < -0.39 is 16.6 Å². The van der Waals surface area contributed by atoms with Gasteiger partial charge < -0.3 is 5.11 Å². The highest BCUT2D eigenvalue weighted by atomic mass is 79.9. The molecule has 0 spiro atoms. The van der Waals surface area contributed by atoms with E-state index in [0.29, 0.717) is 6.42 Å². The van der Waals surface area contributed by atoms with Gasteiger partial charge in [0, 0.05) is 0 Å². The maximum atomic E-state index is 10.4. The Morgan fingerprint density at radius 3 is 2.22 bits per heavy atom. The number of Topliss-reactive ketones (excluding diaryl/α,β-unsaturated/α-hetero) is 1. The highest BCUT2D eigenvalue weighted by Gasteiger charge is 2.19. The molecule has 4 heteroatoms. The summed E-state index contributed by atoms with van der Waals surface area (Å²) >= 11 is 2.91. The number of hydrogen-bond acceptors (Lipinski definition) is 2. The van der Waals surface area contributed by atoms with Gasteiger partial charge in [-0.15, -0.1) is 0 Å². The van der Waals surface area contributed by atoms with E-state index >= 15 is 0 Å². The fraction of sp³-hybridized carbons (Fsp3) is 0.600. The van der Waals surface area contributed by atoms with E-state index in [2.05, 4.69) is 15.9 Å². The van der Waals surface area contributed by atoms with Crippen molar-refractivity contribution in [1.82, 2.24) is 0 Å². The van der Waals surface area contributed by atoms with Crippen molar-refractivity contribution in [3.8, 4) is 0 Å². The second-order valence-electron chi connectivity index (χ2n) is 1.55. The van der Waals surface area contributed by atoms with Crippen LogP contribution in [0.2, 0.25) is 0 Å². The molecule has 52 valence electrons. The minimum Gasteiger partial charge on any atom is -0.475 e. The van der Waals surface area contributed by atoms with Crippen LogP contribution >= 0.6 is 15.9 Å². The molecule has 9 heavy (non-hydrogen) atoms. The van der Waals surface area contributed by atoms with Crippen molar-refractivity contribution in [1.29, 1.82) is 0 Å². The summed E-state index contributed by atoms with van der Waals surface area (Å²) in [4.78, 5) is 19.8. The molecule has 0 rings (SSSR count). The van der Waals surface area contributed by atoms with Crippen LogP contribution in [0, 0.1) is 0 Å². The van der Waals surface area contributed by atoms with Crippen LogP contribution in [0.4, 0.5) is 0 Å². The van der Waals surface area contributed by atoms with E-state index in [1.807, 2.05) is 0 Å². The zero-order valence-corrected chi connectivity index (χ0v) is 6.51. The minimum atomic E-state index is -1.38. The number of rotatable bonds is 3. The predicted molar refractivity (Wildman–Crippen MR) is 35.6 cm³/mol. The molecule has 0 aromatic rings. The summed E-state index contributed by atoms with van der Waals surface area (Å²) in [5.74, 6) is -2.16. The minimum absolute atomic E-state index is 0.505. The van der Waals surface area contributed by atoms with Crippen LogP contribution in [-0.4, -0.2) is 21.7 Å². The van der Waals surface area contributed by atoms with Gasteiger partial charge in [0.2, 0.25) is 0 Å². The number of halogens is 1. The molecule has 0 saturated heterocycles. The van der Waals surface area contributed by atoms with Crippen molar-refractivity contribution < 1.29 is 14.7 Å². The van der Waals surface area contributed by atoms with Crippen molar-refractivity contribution in [3.63, 3.8) is 0 Å². The SMILES string of the molecule is CC[C@@H](Br)C(=O)C(=O)O. The highest BCUT2D eigenvalue weighted by Crippen LogP contribution is 2.04. The van der Waals surface area contributed by atoms with Gasteiger partial charge in [-0.05, 0) is 6.42 Å². The Labute approximate surface area is 61.2 Å². The summed E-state index contributed by atoms with van der Waals surface area (Å²) in [6, 6.07) is 0. The molecule has 0 unspecified atom stereocenters. The Morgan fingerprint density at radius 1 is 1.67 bits per heavy atom. The summed E-state index contributed by atoms with van der Waals surface area (Å²) in [6.45, 7) is 1.74. The molecule has 0 aliphatic carbocycles. The van der Waals surface area contributed by atoms with Crippen LogP contribution in [-0.2, 0) is 9.59 Å². The molecule has 1 atom stereocenters. The topological polar surface area (TPSA) is 54.4 Å². The van der Waals surface area contributed by atoms with Gasteiger partial charge in [-0.3, -0.25) is 4.79 Å². The molecule has 0 fully saturated rings. The molecular formula is C5H7BrO3. The van der Waals surface area contributed by atoms with Gasteiger partial charge in [-0.2, -0.15) is 0 Å². The van der Waals surface area contributed by atoms with Crippen LogP contribution in [0.5, 0.6) is 0 Å². The van der Waals surface area contributed by atoms with E-state index in [1.54, 1.807) is 6.92 Å². The largest absolute Gasteiger partial charge is 0.475 e. The fourth-order valence-electron chi connectivity index (χ4n) is 0.319. The zero-order valence-electron chi connectivity index (χ0n) is 4.93. The Hall–Kier alpha value is -0.380. The Kier molecular flexibility index (Phi) is 3.46. The monoisotopic (exact) mass is 194 g/mol.